The lowest BCUT2D eigenvalue weighted by molar-refractivity contribution is -0.115. The molecule has 0 saturated heterocycles. The van der Waals surface area contributed by atoms with Crippen LogP contribution < -0.4 is 9.64 Å². The molecule has 1 heterocycles. The highest BCUT2D eigenvalue weighted by molar-refractivity contribution is 7.14. The molecule has 29 heavy (non-hydrogen) atoms. The Kier molecular flexibility index (Phi) is 6.08. The topological polar surface area (TPSA) is 89.0 Å². The first kappa shape index (κ1) is 20.3. The highest BCUT2D eigenvalue weighted by Crippen LogP contribution is 2.31. The fraction of sp³-hybridized carbons (Fsp3) is 0.150. The van der Waals surface area contributed by atoms with E-state index >= 15 is 0 Å². The fourth-order valence-corrected chi connectivity index (χ4v) is 3.40. The van der Waals surface area contributed by atoms with Crippen LogP contribution in [0.15, 0.2) is 47.8 Å². The lowest BCUT2D eigenvalue weighted by atomic mass is 10.2. The van der Waals surface area contributed by atoms with Crippen LogP contribution >= 0.6 is 11.3 Å². The monoisotopic (exact) mass is 416 g/mol. The molecule has 0 fully saturated rings. The van der Waals surface area contributed by atoms with Crippen LogP contribution in [-0.2, 0) is 16.1 Å². The van der Waals surface area contributed by atoms with Gasteiger partial charge in [0.05, 0.1) is 18.5 Å². The van der Waals surface area contributed by atoms with Crippen molar-refractivity contribution >= 4 is 34.0 Å². The molecule has 3 rings (SSSR count). The summed E-state index contributed by atoms with van der Waals surface area (Å²) in [5, 5.41) is 11.8. The Balaban J connectivity index is 1.74. The molecule has 1 amide bonds. The second kappa shape index (κ2) is 8.70. The molecular weight excluding hydrogens is 399 g/mol. The first-order chi connectivity index (χ1) is 13.9. The van der Waals surface area contributed by atoms with E-state index in [0.717, 1.165) is 16.2 Å². The maximum atomic E-state index is 14.1. The van der Waals surface area contributed by atoms with Gasteiger partial charge in [0.15, 0.2) is 5.13 Å². The van der Waals surface area contributed by atoms with Crippen LogP contribution in [-0.4, -0.2) is 29.1 Å². The van der Waals surface area contributed by atoms with E-state index in [2.05, 4.69) is 4.98 Å². The van der Waals surface area contributed by atoms with Crippen molar-refractivity contribution in [3.8, 4) is 11.5 Å². The molecular formula is C20H17FN2O5S. The largest absolute Gasteiger partial charge is 0.507 e. The maximum Gasteiger partial charge on any atom is 0.342 e. The quantitative estimate of drug-likeness (QED) is 0.610. The van der Waals surface area contributed by atoms with Crippen molar-refractivity contribution in [2.75, 3.05) is 12.0 Å². The lowest BCUT2D eigenvalue weighted by Gasteiger charge is -2.18. The van der Waals surface area contributed by atoms with E-state index in [1.54, 1.807) is 11.4 Å². The molecule has 150 valence electrons. The number of hydrogen-bond acceptors (Lipinski definition) is 7. The highest BCUT2D eigenvalue weighted by Gasteiger charge is 2.21. The minimum Gasteiger partial charge on any atom is -0.507 e. The van der Waals surface area contributed by atoms with Crippen LogP contribution in [0.3, 0.4) is 0 Å². The summed E-state index contributed by atoms with van der Waals surface area (Å²) in [5.41, 5.74) is 0.452. The minimum absolute atomic E-state index is 0.0158. The van der Waals surface area contributed by atoms with Crippen LogP contribution in [0, 0.1) is 5.82 Å². The predicted octanol–water partition coefficient (Wildman–Crippen LogP) is 4.04. The average Bonchev–Trinajstić information content (AvgIpc) is 3.16. The van der Waals surface area contributed by atoms with E-state index in [9.17, 15) is 19.1 Å². The molecule has 2 aromatic carbocycles. The molecule has 0 atom stereocenters. The summed E-state index contributed by atoms with van der Waals surface area (Å²) in [6.07, 6.45) is 0. The number of benzene rings is 2. The molecule has 0 saturated carbocycles. The molecule has 0 bridgehead atoms. The number of phenolic OH excluding ortho intramolecular Hbond substituents is 1. The van der Waals surface area contributed by atoms with E-state index in [1.165, 1.54) is 50.4 Å². The van der Waals surface area contributed by atoms with Crippen LogP contribution in [0.5, 0.6) is 11.5 Å². The normalized spacial score (nSPS) is 10.4. The van der Waals surface area contributed by atoms with Crippen molar-refractivity contribution in [2.45, 2.75) is 13.5 Å². The standard InChI is InChI=1S/C20H17FN2O5S/c1-12(24)23(17-6-4-3-5-16(17)21)20-22-13(11-29-20)10-28-19(26)15-8-7-14(27-2)9-18(15)25/h3-9,11,25H,10H2,1-2H3. The van der Waals surface area contributed by atoms with Gasteiger partial charge in [-0.25, -0.2) is 14.2 Å². The number of ether oxygens (including phenoxy) is 2. The van der Waals surface area contributed by atoms with Gasteiger partial charge in [0.25, 0.3) is 0 Å². The number of aromatic nitrogens is 1. The van der Waals surface area contributed by atoms with Crippen LogP contribution in [0.4, 0.5) is 15.2 Å². The van der Waals surface area contributed by atoms with Gasteiger partial charge in [-0.05, 0) is 24.3 Å². The van der Waals surface area contributed by atoms with Gasteiger partial charge < -0.3 is 14.6 Å². The fourth-order valence-electron chi connectivity index (χ4n) is 2.53. The van der Waals surface area contributed by atoms with Crippen molar-refractivity contribution < 1.29 is 28.6 Å². The molecule has 0 radical (unpaired) electrons. The number of amides is 1. The third-order valence-electron chi connectivity index (χ3n) is 3.92. The summed E-state index contributed by atoms with van der Waals surface area (Å²) in [6, 6.07) is 10.1. The zero-order chi connectivity index (χ0) is 21.0. The number of halogens is 1. The summed E-state index contributed by atoms with van der Waals surface area (Å²) < 4.78 is 24.3. The molecule has 1 aromatic heterocycles. The summed E-state index contributed by atoms with van der Waals surface area (Å²) in [7, 11) is 1.44. The van der Waals surface area contributed by atoms with E-state index in [0.29, 0.717) is 11.4 Å². The molecule has 7 nitrogen and oxygen atoms in total. The molecule has 3 aromatic rings. The van der Waals surface area contributed by atoms with Crippen molar-refractivity contribution in [3.63, 3.8) is 0 Å². The maximum absolute atomic E-state index is 14.1. The second-order valence-corrected chi connectivity index (χ2v) is 6.72. The Morgan fingerprint density at radius 3 is 2.66 bits per heavy atom. The Morgan fingerprint density at radius 2 is 2.00 bits per heavy atom. The third-order valence-corrected chi connectivity index (χ3v) is 4.79. The molecule has 0 aliphatic rings. The number of carbonyl (C=O) groups is 2. The van der Waals surface area contributed by atoms with Crippen molar-refractivity contribution in [2.24, 2.45) is 0 Å². The van der Waals surface area contributed by atoms with Crippen LogP contribution in [0.25, 0.3) is 0 Å². The minimum atomic E-state index is -0.739. The number of hydrogen-bond donors (Lipinski definition) is 1. The third kappa shape index (κ3) is 4.52. The number of nitrogens with zero attached hydrogens (tertiary/aromatic N) is 2. The molecule has 0 aliphatic heterocycles. The number of rotatable bonds is 6. The van der Waals surface area contributed by atoms with Crippen molar-refractivity contribution in [1.29, 1.82) is 0 Å². The molecule has 0 unspecified atom stereocenters. The van der Waals surface area contributed by atoms with Crippen molar-refractivity contribution in [3.05, 3.63) is 64.9 Å². The van der Waals surface area contributed by atoms with Gasteiger partial charge in [0.1, 0.15) is 29.5 Å². The van der Waals surface area contributed by atoms with Gasteiger partial charge in [-0.2, -0.15) is 0 Å². The molecule has 9 heteroatoms. The number of carbonyl (C=O) groups excluding carboxylic acids is 2. The number of esters is 1. The number of phenols is 1. The Labute approximate surface area is 170 Å². The predicted molar refractivity (Wildman–Crippen MR) is 105 cm³/mol. The van der Waals surface area contributed by atoms with Gasteiger partial charge in [-0.15, -0.1) is 11.3 Å². The summed E-state index contributed by atoms with van der Waals surface area (Å²) in [6.45, 7) is 1.13. The van der Waals surface area contributed by atoms with Gasteiger partial charge in [0.2, 0.25) is 5.91 Å². The Hall–Kier alpha value is -3.46. The zero-order valence-electron chi connectivity index (χ0n) is 15.6. The zero-order valence-corrected chi connectivity index (χ0v) is 16.4. The molecule has 1 N–H and O–H groups in total. The van der Waals surface area contributed by atoms with E-state index < -0.39 is 17.7 Å². The smallest absolute Gasteiger partial charge is 0.342 e. The Bertz CT molecular complexity index is 1050. The molecule has 0 aliphatic carbocycles. The number of methoxy groups -OCH3 is 1. The lowest BCUT2D eigenvalue weighted by Crippen LogP contribution is -2.23. The summed E-state index contributed by atoms with van der Waals surface area (Å²) >= 11 is 1.12. The molecule has 0 spiro atoms. The van der Waals surface area contributed by atoms with E-state index in [-0.39, 0.29) is 28.7 Å². The number of anilines is 2. The van der Waals surface area contributed by atoms with E-state index in [4.69, 9.17) is 9.47 Å². The number of para-hydroxylation sites is 1. The number of aromatic hydroxyl groups is 1. The van der Waals surface area contributed by atoms with Gasteiger partial charge >= 0.3 is 5.97 Å². The van der Waals surface area contributed by atoms with Crippen LogP contribution in [0.1, 0.15) is 23.0 Å². The van der Waals surface area contributed by atoms with Gasteiger partial charge in [-0.3, -0.25) is 9.69 Å². The SMILES string of the molecule is COc1ccc(C(=O)OCc2csc(N(C(C)=O)c3ccccc3F)n2)c(O)c1. The van der Waals surface area contributed by atoms with Crippen molar-refractivity contribution in [1.82, 2.24) is 4.98 Å². The Morgan fingerprint density at radius 1 is 1.24 bits per heavy atom. The van der Waals surface area contributed by atoms with Gasteiger partial charge in [0, 0.05) is 18.4 Å². The summed E-state index contributed by atoms with van der Waals surface area (Å²) in [5.74, 6) is -1.56. The van der Waals surface area contributed by atoms with E-state index in [1.807, 2.05) is 0 Å². The highest BCUT2D eigenvalue weighted by atomic mass is 32.1. The van der Waals surface area contributed by atoms with Crippen LogP contribution in [0.2, 0.25) is 0 Å². The average molecular weight is 416 g/mol. The summed E-state index contributed by atoms with van der Waals surface area (Å²) in [4.78, 5) is 29.7. The second-order valence-electron chi connectivity index (χ2n) is 5.89. The van der Waals surface area contributed by atoms with Gasteiger partial charge in [-0.1, -0.05) is 12.1 Å². The first-order valence-electron chi connectivity index (χ1n) is 8.44. The first-order valence-corrected chi connectivity index (χ1v) is 9.32. The number of thiazole rings is 1.